The van der Waals surface area contributed by atoms with Gasteiger partial charge in [0.25, 0.3) is 0 Å². The third kappa shape index (κ3) is 1.09. The van der Waals surface area contributed by atoms with Gasteiger partial charge in [0.2, 0.25) is 0 Å². The van der Waals surface area contributed by atoms with Gasteiger partial charge in [-0.05, 0) is 60.3 Å². The Kier molecular flexibility index (Phi) is 2.20. The number of nitrogens with two attached hydrogens (primary N) is 1. The molecule has 0 radical (unpaired) electrons. The first-order valence-electron chi connectivity index (χ1n) is 6.88. The van der Waals surface area contributed by atoms with Crippen LogP contribution in [0.4, 0.5) is 0 Å². The Balaban J connectivity index is 1.98. The fraction of sp³-hybridized carbons (Fsp3) is 0.929. The molecule has 0 amide bonds. The van der Waals surface area contributed by atoms with Crippen LogP contribution in [0.15, 0.2) is 0 Å². The molecule has 3 fully saturated rings. The molecule has 0 aromatic heterocycles. The molecule has 3 nitrogen and oxygen atoms in total. The van der Waals surface area contributed by atoms with Crippen molar-refractivity contribution in [2.75, 3.05) is 6.54 Å². The summed E-state index contributed by atoms with van der Waals surface area (Å²) < 4.78 is 0. The lowest BCUT2D eigenvalue weighted by Crippen LogP contribution is -2.66. The average molecular weight is 237 g/mol. The molecule has 3 aliphatic rings. The molecule has 2 bridgehead atoms. The lowest BCUT2D eigenvalue weighted by molar-refractivity contribution is -0.206. The van der Waals surface area contributed by atoms with Gasteiger partial charge in [0.05, 0.1) is 6.42 Å². The van der Waals surface area contributed by atoms with Crippen LogP contribution in [0.25, 0.3) is 0 Å². The molecule has 0 aromatic rings. The van der Waals surface area contributed by atoms with E-state index in [1.165, 1.54) is 19.3 Å². The second kappa shape index (κ2) is 3.25. The molecule has 0 spiro atoms. The maximum absolute atomic E-state index is 11.2. The molecule has 0 heterocycles. The second-order valence-corrected chi connectivity index (χ2v) is 6.84. The Labute approximate surface area is 103 Å². The van der Waals surface area contributed by atoms with Gasteiger partial charge >= 0.3 is 5.97 Å². The zero-order chi connectivity index (χ0) is 12.4. The number of rotatable bonds is 3. The summed E-state index contributed by atoms with van der Waals surface area (Å²) in [5.41, 5.74) is 6.30. The number of aliphatic carboxylic acids is 1. The van der Waals surface area contributed by atoms with Crippen molar-refractivity contribution in [3.63, 3.8) is 0 Å². The highest BCUT2D eigenvalue weighted by atomic mass is 16.4. The van der Waals surface area contributed by atoms with Crippen molar-refractivity contribution in [2.24, 2.45) is 40.2 Å². The summed E-state index contributed by atoms with van der Waals surface area (Å²) in [7, 11) is 0. The fourth-order valence-corrected chi connectivity index (χ4v) is 6.00. The normalized spacial score (nSPS) is 55.5. The first kappa shape index (κ1) is 11.5. The van der Waals surface area contributed by atoms with Gasteiger partial charge in [-0.25, -0.2) is 0 Å². The quantitative estimate of drug-likeness (QED) is 0.790. The second-order valence-electron chi connectivity index (χ2n) is 6.84. The Morgan fingerprint density at radius 2 is 2.12 bits per heavy atom. The van der Waals surface area contributed by atoms with E-state index in [2.05, 4.69) is 13.8 Å². The summed E-state index contributed by atoms with van der Waals surface area (Å²) in [6.07, 6.45) is 4.00. The van der Waals surface area contributed by atoms with Gasteiger partial charge in [0.1, 0.15) is 0 Å². The van der Waals surface area contributed by atoms with Crippen LogP contribution in [0, 0.1) is 34.5 Å². The largest absolute Gasteiger partial charge is 0.481 e. The number of carbonyl (C=O) groups is 1. The minimum atomic E-state index is -0.666. The zero-order valence-electron chi connectivity index (χ0n) is 10.8. The smallest absolute Gasteiger partial charge is 0.303 e. The van der Waals surface area contributed by atoms with Crippen LogP contribution in [0.2, 0.25) is 0 Å². The number of carboxylic acid groups (broad SMARTS) is 1. The highest BCUT2D eigenvalue weighted by Crippen LogP contribution is 2.78. The van der Waals surface area contributed by atoms with Gasteiger partial charge in [0.15, 0.2) is 0 Å². The van der Waals surface area contributed by atoms with E-state index in [0.29, 0.717) is 23.8 Å². The number of hydrogen-bond donors (Lipinski definition) is 2. The maximum Gasteiger partial charge on any atom is 0.303 e. The maximum atomic E-state index is 11.2. The van der Waals surface area contributed by atoms with Crippen LogP contribution in [0.5, 0.6) is 0 Å². The van der Waals surface area contributed by atoms with E-state index < -0.39 is 5.97 Å². The first-order valence-corrected chi connectivity index (χ1v) is 6.88. The Bertz CT molecular complexity index is 359. The molecule has 3 heteroatoms. The van der Waals surface area contributed by atoms with Crippen LogP contribution in [-0.2, 0) is 4.79 Å². The van der Waals surface area contributed by atoms with Crippen LogP contribution < -0.4 is 5.73 Å². The van der Waals surface area contributed by atoms with Gasteiger partial charge in [0, 0.05) is 0 Å². The molecular weight excluding hydrogens is 214 g/mol. The molecule has 17 heavy (non-hydrogen) atoms. The molecule has 0 saturated heterocycles. The third-order valence-electron chi connectivity index (χ3n) is 6.80. The van der Waals surface area contributed by atoms with Gasteiger partial charge in [-0.2, -0.15) is 0 Å². The van der Waals surface area contributed by atoms with E-state index in [1.807, 2.05) is 0 Å². The van der Waals surface area contributed by atoms with Crippen LogP contribution >= 0.6 is 0 Å². The molecule has 0 aliphatic heterocycles. The summed E-state index contributed by atoms with van der Waals surface area (Å²) in [4.78, 5) is 11.2. The van der Waals surface area contributed by atoms with Crippen LogP contribution in [0.1, 0.15) is 39.5 Å². The highest BCUT2D eigenvalue weighted by molar-refractivity contribution is 5.68. The van der Waals surface area contributed by atoms with Crippen molar-refractivity contribution in [1.82, 2.24) is 0 Å². The summed E-state index contributed by atoms with van der Waals surface area (Å²) in [6, 6.07) is 0. The first-order chi connectivity index (χ1) is 7.96. The summed E-state index contributed by atoms with van der Waals surface area (Å²) in [6.45, 7) is 5.32. The molecule has 3 aliphatic carbocycles. The lowest BCUT2D eigenvalue weighted by Gasteiger charge is -2.68. The fourth-order valence-electron chi connectivity index (χ4n) is 6.00. The van der Waals surface area contributed by atoms with Crippen LogP contribution in [0.3, 0.4) is 0 Å². The van der Waals surface area contributed by atoms with E-state index in [-0.39, 0.29) is 11.8 Å². The minimum absolute atomic E-state index is 0.0832. The lowest BCUT2D eigenvalue weighted by atomic mass is 9.36. The van der Waals surface area contributed by atoms with E-state index in [1.54, 1.807) is 0 Å². The minimum Gasteiger partial charge on any atom is -0.481 e. The monoisotopic (exact) mass is 237 g/mol. The van der Waals surface area contributed by atoms with E-state index in [0.717, 1.165) is 11.8 Å². The van der Waals surface area contributed by atoms with Crippen molar-refractivity contribution in [3.8, 4) is 0 Å². The summed E-state index contributed by atoms with van der Waals surface area (Å²) >= 11 is 0. The third-order valence-corrected chi connectivity index (χ3v) is 6.80. The van der Waals surface area contributed by atoms with E-state index >= 15 is 0 Å². The predicted molar refractivity (Wildman–Crippen MR) is 65.3 cm³/mol. The number of fused-ring (bicyclic) bond motifs is 1. The molecule has 0 unspecified atom stereocenters. The topological polar surface area (TPSA) is 63.3 Å². The van der Waals surface area contributed by atoms with Gasteiger partial charge in [-0.15, -0.1) is 0 Å². The Morgan fingerprint density at radius 3 is 2.71 bits per heavy atom. The molecule has 0 aromatic carbocycles. The molecule has 3 saturated carbocycles. The van der Waals surface area contributed by atoms with Crippen molar-refractivity contribution < 1.29 is 9.90 Å². The Hall–Kier alpha value is -0.570. The number of hydrogen-bond acceptors (Lipinski definition) is 2. The highest BCUT2D eigenvalue weighted by Gasteiger charge is 2.74. The summed E-state index contributed by atoms with van der Waals surface area (Å²) in [5, 5.41) is 9.19. The molecule has 3 rings (SSSR count). The molecule has 3 N–H and O–H groups in total. The SMILES string of the molecule is C[C@H]1[C@H]2CC[C@@H]3[C@](CN)(CC(=O)O)[C@H](C2)[C@@]31C. The van der Waals surface area contributed by atoms with Gasteiger partial charge in [-0.1, -0.05) is 13.8 Å². The predicted octanol–water partition coefficient (Wildman–Crippen LogP) is 2.11. The average Bonchev–Trinajstić information content (AvgIpc) is 2.48. The zero-order valence-corrected chi connectivity index (χ0v) is 10.8. The molecule has 6 atom stereocenters. The van der Waals surface area contributed by atoms with Gasteiger partial charge in [-0.3, -0.25) is 4.79 Å². The van der Waals surface area contributed by atoms with Crippen molar-refractivity contribution in [2.45, 2.75) is 39.5 Å². The van der Waals surface area contributed by atoms with Crippen LogP contribution in [-0.4, -0.2) is 17.6 Å². The molecule has 96 valence electrons. The Morgan fingerprint density at radius 1 is 1.41 bits per heavy atom. The molecular formula is C14H23NO2. The van der Waals surface area contributed by atoms with Crippen molar-refractivity contribution >= 4 is 5.97 Å². The van der Waals surface area contributed by atoms with E-state index in [4.69, 9.17) is 5.73 Å². The number of carboxylic acids is 1. The van der Waals surface area contributed by atoms with E-state index in [9.17, 15) is 9.90 Å². The van der Waals surface area contributed by atoms with Gasteiger partial charge < -0.3 is 10.8 Å². The van der Waals surface area contributed by atoms with Crippen molar-refractivity contribution in [1.29, 1.82) is 0 Å². The van der Waals surface area contributed by atoms with Crippen molar-refractivity contribution in [3.05, 3.63) is 0 Å². The summed E-state index contributed by atoms with van der Waals surface area (Å²) in [5.74, 6) is 2.03. The standard InChI is InChI=1S/C14H23NO2/c1-8-9-3-4-10-13(8,2)11(5-9)14(10,7-15)6-12(16)17/h8-11H,3-7,15H2,1-2H3,(H,16,17)/t8-,9-,10-,11+,13+,14+/m0/s1.